The number of nitrogens with two attached hydrogens (primary N) is 2. The van der Waals surface area contributed by atoms with E-state index in [0.717, 1.165) is 30.8 Å². The minimum atomic E-state index is -0.960. The number of aliphatic carboxylic acids is 2. The van der Waals surface area contributed by atoms with Crippen LogP contribution in [-0.4, -0.2) is 45.7 Å². The molecule has 0 heterocycles. The van der Waals surface area contributed by atoms with Crippen molar-refractivity contribution in [1.82, 2.24) is 0 Å². The maximum Gasteiger partial charge on any atom is 0.320 e. The van der Waals surface area contributed by atoms with Crippen molar-refractivity contribution in [3.05, 3.63) is 0 Å². The van der Waals surface area contributed by atoms with Crippen LogP contribution in [0.3, 0.4) is 0 Å². The van der Waals surface area contributed by atoms with Crippen molar-refractivity contribution in [3.8, 4) is 0 Å². The van der Waals surface area contributed by atoms with Crippen LogP contribution in [0.1, 0.15) is 32.1 Å². The summed E-state index contributed by atoms with van der Waals surface area (Å²) in [6, 6.07) is -1.53. The second-order valence-electron chi connectivity index (χ2n) is 4.14. The highest BCUT2D eigenvalue weighted by molar-refractivity contribution is 7.99. The van der Waals surface area contributed by atoms with Crippen LogP contribution < -0.4 is 11.5 Å². The fraction of sp³-hybridized carbons (Fsp3) is 0.818. The lowest BCUT2D eigenvalue weighted by Crippen LogP contribution is -2.30. The van der Waals surface area contributed by atoms with Crippen LogP contribution in [-0.2, 0) is 9.59 Å². The van der Waals surface area contributed by atoms with Crippen LogP contribution in [0.25, 0.3) is 0 Å². The molecule has 0 aromatic heterocycles. The third-order valence-electron chi connectivity index (χ3n) is 2.51. The summed E-state index contributed by atoms with van der Waals surface area (Å²) in [5.41, 5.74) is 10.7. The number of unbranched alkanes of at least 4 members (excludes halogenated alkanes) is 2. The molecule has 0 rings (SSSR count). The van der Waals surface area contributed by atoms with Gasteiger partial charge in [0.15, 0.2) is 0 Å². The lowest BCUT2D eigenvalue weighted by Gasteiger charge is -2.07. The number of carboxylic acid groups (broad SMARTS) is 2. The van der Waals surface area contributed by atoms with Gasteiger partial charge >= 0.3 is 11.9 Å². The van der Waals surface area contributed by atoms with Gasteiger partial charge in [0.25, 0.3) is 0 Å². The number of rotatable bonds is 11. The molecule has 0 saturated heterocycles. The standard InChI is InChI=1S/C11H22N2O4S/c12-8(10(14)15)4-2-1-3-6-18-7-5-9(13)11(16)17/h8-9H,1-7,12-13H2,(H,14,15)(H,16,17)/t8?,9-/m0/s1. The Morgan fingerprint density at radius 1 is 0.889 bits per heavy atom. The van der Waals surface area contributed by atoms with Crippen LogP contribution in [0.4, 0.5) is 0 Å². The van der Waals surface area contributed by atoms with E-state index in [1.54, 1.807) is 11.8 Å². The highest BCUT2D eigenvalue weighted by atomic mass is 32.2. The fourth-order valence-electron chi connectivity index (χ4n) is 1.30. The predicted octanol–water partition coefficient (Wildman–Crippen LogP) is 0.494. The van der Waals surface area contributed by atoms with Gasteiger partial charge in [-0.25, -0.2) is 0 Å². The molecule has 0 bridgehead atoms. The summed E-state index contributed by atoms with van der Waals surface area (Å²) in [5, 5.41) is 17.1. The first-order chi connectivity index (χ1) is 8.45. The first-order valence-electron chi connectivity index (χ1n) is 5.99. The highest BCUT2D eigenvalue weighted by Gasteiger charge is 2.11. The number of carbonyl (C=O) groups is 2. The van der Waals surface area contributed by atoms with E-state index in [2.05, 4.69) is 0 Å². The van der Waals surface area contributed by atoms with Crippen molar-refractivity contribution in [2.75, 3.05) is 11.5 Å². The molecule has 0 aliphatic carbocycles. The van der Waals surface area contributed by atoms with Gasteiger partial charge in [-0.15, -0.1) is 0 Å². The Hall–Kier alpha value is -0.790. The molecule has 7 heteroatoms. The number of hydrogen-bond donors (Lipinski definition) is 4. The SMILES string of the molecule is NC(CCCCCSCC[C@H](N)C(=O)O)C(=O)O. The molecule has 0 amide bonds. The molecule has 0 aliphatic rings. The van der Waals surface area contributed by atoms with E-state index in [-0.39, 0.29) is 0 Å². The summed E-state index contributed by atoms with van der Waals surface area (Å²) in [4.78, 5) is 20.9. The average Bonchev–Trinajstić information content (AvgIpc) is 2.31. The lowest BCUT2D eigenvalue weighted by atomic mass is 10.1. The minimum Gasteiger partial charge on any atom is -0.480 e. The number of thioether (sulfide) groups is 1. The Kier molecular flexibility index (Phi) is 9.72. The van der Waals surface area contributed by atoms with Crippen LogP contribution in [0.15, 0.2) is 0 Å². The zero-order valence-corrected chi connectivity index (χ0v) is 11.2. The monoisotopic (exact) mass is 278 g/mol. The van der Waals surface area contributed by atoms with Crippen LogP contribution >= 0.6 is 11.8 Å². The predicted molar refractivity (Wildman–Crippen MR) is 71.6 cm³/mol. The molecule has 0 aromatic carbocycles. The maximum atomic E-state index is 10.4. The lowest BCUT2D eigenvalue weighted by molar-refractivity contribution is -0.139. The Labute approximate surface area is 111 Å². The summed E-state index contributed by atoms with van der Waals surface area (Å²) >= 11 is 1.67. The normalized spacial score (nSPS) is 14.1. The van der Waals surface area contributed by atoms with E-state index in [9.17, 15) is 9.59 Å². The first kappa shape index (κ1) is 17.2. The number of hydrogen-bond acceptors (Lipinski definition) is 5. The molecule has 0 radical (unpaired) electrons. The van der Waals surface area contributed by atoms with Crippen molar-refractivity contribution < 1.29 is 19.8 Å². The molecule has 0 saturated carbocycles. The largest absolute Gasteiger partial charge is 0.480 e. The van der Waals surface area contributed by atoms with E-state index in [4.69, 9.17) is 21.7 Å². The van der Waals surface area contributed by atoms with Crippen molar-refractivity contribution in [2.24, 2.45) is 11.5 Å². The molecule has 18 heavy (non-hydrogen) atoms. The molecule has 6 N–H and O–H groups in total. The van der Waals surface area contributed by atoms with Crippen molar-refractivity contribution in [3.63, 3.8) is 0 Å². The molecule has 0 fully saturated rings. The van der Waals surface area contributed by atoms with Crippen molar-refractivity contribution in [1.29, 1.82) is 0 Å². The third kappa shape index (κ3) is 9.26. The van der Waals surface area contributed by atoms with Crippen molar-refractivity contribution >= 4 is 23.7 Å². The molecule has 0 aromatic rings. The first-order valence-corrected chi connectivity index (χ1v) is 7.15. The van der Waals surface area contributed by atoms with Gasteiger partial charge < -0.3 is 21.7 Å². The quantitative estimate of drug-likeness (QED) is 0.405. The fourth-order valence-corrected chi connectivity index (χ4v) is 2.34. The van der Waals surface area contributed by atoms with E-state index in [0.29, 0.717) is 12.8 Å². The van der Waals surface area contributed by atoms with Crippen LogP contribution in [0.2, 0.25) is 0 Å². The molecule has 1 unspecified atom stereocenters. The van der Waals surface area contributed by atoms with Gasteiger partial charge in [-0.1, -0.05) is 12.8 Å². The summed E-state index contributed by atoms with van der Waals surface area (Å²) in [5.74, 6) is -0.234. The van der Waals surface area contributed by atoms with Gasteiger partial charge in [0.05, 0.1) is 0 Å². The van der Waals surface area contributed by atoms with E-state index in [1.807, 2.05) is 0 Å². The second kappa shape index (κ2) is 10.2. The second-order valence-corrected chi connectivity index (χ2v) is 5.36. The molecule has 2 atom stereocenters. The Bertz CT molecular complexity index is 237. The van der Waals surface area contributed by atoms with Gasteiger partial charge in [-0.3, -0.25) is 9.59 Å². The van der Waals surface area contributed by atoms with Crippen LogP contribution in [0.5, 0.6) is 0 Å². The number of carboxylic acids is 2. The molecule has 106 valence electrons. The topological polar surface area (TPSA) is 127 Å². The summed E-state index contributed by atoms with van der Waals surface area (Å²) in [6.07, 6.45) is 3.72. The Balaban J connectivity index is 3.26. The van der Waals surface area contributed by atoms with Crippen LogP contribution in [0, 0.1) is 0 Å². The zero-order chi connectivity index (χ0) is 14.0. The molecule has 0 spiro atoms. The van der Waals surface area contributed by atoms with E-state index in [1.165, 1.54) is 0 Å². The smallest absolute Gasteiger partial charge is 0.320 e. The van der Waals surface area contributed by atoms with Gasteiger partial charge in [0, 0.05) is 0 Å². The van der Waals surface area contributed by atoms with Crippen molar-refractivity contribution in [2.45, 2.75) is 44.2 Å². The van der Waals surface area contributed by atoms with Gasteiger partial charge in [-0.05, 0) is 30.8 Å². The summed E-state index contributed by atoms with van der Waals surface area (Å²) in [6.45, 7) is 0. The average molecular weight is 278 g/mol. The highest BCUT2D eigenvalue weighted by Crippen LogP contribution is 2.10. The third-order valence-corrected chi connectivity index (χ3v) is 3.61. The molecule has 6 nitrogen and oxygen atoms in total. The maximum absolute atomic E-state index is 10.4. The Morgan fingerprint density at radius 2 is 1.44 bits per heavy atom. The summed E-state index contributed by atoms with van der Waals surface area (Å²) < 4.78 is 0. The van der Waals surface area contributed by atoms with Gasteiger partial charge in [0.1, 0.15) is 12.1 Å². The molecule has 0 aliphatic heterocycles. The van der Waals surface area contributed by atoms with Gasteiger partial charge in [-0.2, -0.15) is 11.8 Å². The zero-order valence-electron chi connectivity index (χ0n) is 10.4. The molecular weight excluding hydrogens is 256 g/mol. The summed E-state index contributed by atoms with van der Waals surface area (Å²) in [7, 11) is 0. The van der Waals surface area contributed by atoms with Gasteiger partial charge in [0.2, 0.25) is 0 Å². The molecular formula is C11H22N2O4S. The van der Waals surface area contributed by atoms with E-state index >= 15 is 0 Å². The minimum absolute atomic E-state index is 0.476. The van der Waals surface area contributed by atoms with E-state index < -0.39 is 24.0 Å². The Morgan fingerprint density at radius 3 is 2.00 bits per heavy atom.